The van der Waals surface area contributed by atoms with Gasteiger partial charge >= 0.3 is 0 Å². The van der Waals surface area contributed by atoms with Gasteiger partial charge in [0.05, 0.1) is 0 Å². The van der Waals surface area contributed by atoms with E-state index in [1.165, 1.54) is 18.4 Å². The number of nitrogens with one attached hydrogen (secondary N) is 1. The summed E-state index contributed by atoms with van der Waals surface area (Å²) in [4.78, 5) is 0. The first-order valence-electron chi connectivity index (χ1n) is 6.25. The summed E-state index contributed by atoms with van der Waals surface area (Å²) in [6.45, 7) is 5.55. The van der Waals surface area contributed by atoms with Gasteiger partial charge < -0.3 is 5.32 Å². The molecule has 1 fully saturated rings. The third kappa shape index (κ3) is 2.26. The van der Waals surface area contributed by atoms with Gasteiger partial charge in [0.15, 0.2) is 0 Å². The Morgan fingerprint density at radius 2 is 1.94 bits per heavy atom. The molecule has 1 saturated carbocycles. The van der Waals surface area contributed by atoms with Crippen molar-refractivity contribution in [2.45, 2.75) is 38.6 Å². The van der Waals surface area contributed by atoms with Gasteiger partial charge in [-0.15, -0.1) is 0 Å². The molecular weight excluding hydrogens is 218 g/mol. The average Bonchev–Trinajstić information content (AvgIpc) is 2.26. The Balaban J connectivity index is 2.04. The molecule has 88 valence electrons. The summed E-state index contributed by atoms with van der Waals surface area (Å²) in [6.07, 6.45) is 2.53. The van der Waals surface area contributed by atoms with Crippen LogP contribution in [0.2, 0.25) is 5.02 Å². The van der Waals surface area contributed by atoms with Gasteiger partial charge in [0.25, 0.3) is 0 Å². The van der Waals surface area contributed by atoms with Gasteiger partial charge in [-0.05, 0) is 42.5 Å². The van der Waals surface area contributed by atoms with Crippen LogP contribution in [-0.2, 0) is 0 Å². The van der Waals surface area contributed by atoms with Crippen molar-refractivity contribution < 1.29 is 0 Å². The second-order valence-electron chi connectivity index (χ2n) is 4.63. The van der Waals surface area contributed by atoms with Gasteiger partial charge in [-0.1, -0.05) is 44.0 Å². The van der Waals surface area contributed by atoms with Crippen molar-refractivity contribution in [2.24, 2.45) is 5.92 Å². The fraction of sp³-hybridized carbons (Fsp3) is 0.571. The van der Waals surface area contributed by atoms with Crippen LogP contribution in [0.4, 0.5) is 0 Å². The van der Waals surface area contributed by atoms with Gasteiger partial charge in [-0.2, -0.15) is 0 Å². The topological polar surface area (TPSA) is 12.0 Å². The second-order valence-corrected chi connectivity index (χ2v) is 5.07. The lowest BCUT2D eigenvalue weighted by Gasteiger charge is -2.45. The lowest BCUT2D eigenvalue weighted by Crippen LogP contribution is -2.48. The largest absolute Gasteiger partial charge is 0.314 e. The van der Waals surface area contributed by atoms with Crippen LogP contribution in [0, 0.1) is 5.92 Å². The molecule has 1 aliphatic carbocycles. The van der Waals surface area contributed by atoms with E-state index in [-0.39, 0.29) is 0 Å². The molecule has 2 rings (SSSR count). The van der Waals surface area contributed by atoms with Crippen LogP contribution in [0.1, 0.15) is 38.2 Å². The van der Waals surface area contributed by atoms with E-state index >= 15 is 0 Å². The maximum absolute atomic E-state index is 5.91. The van der Waals surface area contributed by atoms with Crippen LogP contribution in [0.25, 0.3) is 0 Å². The van der Waals surface area contributed by atoms with Crippen molar-refractivity contribution >= 4 is 11.6 Å². The highest BCUT2D eigenvalue weighted by Gasteiger charge is 2.39. The van der Waals surface area contributed by atoms with Crippen molar-refractivity contribution in [2.75, 3.05) is 6.54 Å². The summed E-state index contributed by atoms with van der Waals surface area (Å²) in [5, 5.41) is 4.40. The van der Waals surface area contributed by atoms with E-state index in [1.807, 2.05) is 12.1 Å². The zero-order chi connectivity index (χ0) is 11.5. The quantitative estimate of drug-likeness (QED) is 0.839. The first-order valence-corrected chi connectivity index (χ1v) is 6.62. The van der Waals surface area contributed by atoms with E-state index in [0.29, 0.717) is 0 Å². The van der Waals surface area contributed by atoms with Crippen LogP contribution < -0.4 is 5.32 Å². The summed E-state index contributed by atoms with van der Waals surface area (Å²) in [7, 11) is 0. The van der Waals surface area contributed by atoms with Crippen LogP contribution >= 0.6 is 11.6 Å². The van der Waals surface area contributed by atoms with Crippen molar-refractivity contribution in [3.8, 4) is 0 Å². The number of hydrogen-bond donors (Lipinski definition) is 1. The Labute approximate surface area is 103 Å². The van der Waals surface area contributed by atoms with E-state index in [1.54, 1.807) is 0 Å². The first-order chi connectivity index (χ1) is 7.76. The second kappa shape index (κ2) is 5.20. The predicted octanol–water partition coefficient (Wildman–Crippen LogP) is 3.83. The number of rotatable bonds is 4. The van der Waals surface area contributed by atoms with Crippen LogP contribution in [0.15, 0.2) is 24.3 Å². The minimum atomic E-state index is 0.718. The Bertz CT molecular complexity index is 333. The molecule has 0 heterocycles. The van der Waals surface area contributed by atoms with E-state index in [4.69, 9.17) is 11.6 Å². The highest BCUT2D eigenvalue weighted by molar-refractivity contribution is 6.30. The minimum absolute atomic E-state index is 0.718. The summed E-state index contributed by atoms with van der Waals surface area (Å²) in [5.41, 5.74) is 1.45. The molecule has 0 radical (unpaired) electrons. The average molecular weight is 238 g/mol. The van der Waals surface area contributed by atoms with Crippen molar-refractivity contribution in [3.63, 3.8) is 0 Å². The Kier molecular flexibility index (Phi) is 3.88. The molecule has 1 N–H and O–H groups in total. The molecule has 16 heavy (non-hydrogen) atoms. The number of halogens is 1. The zero-order valence-corrected chi connectivity index (χ0v) is 10.8. The van der Waals surface area contributed by atoms with Crippen molar-refractivity contribution in [1.29, 1.82) is 0 Å². The molecule has 0 aromatic heterocycles. The maximum Gasteiger partial charge on any atom is 0.0406 e. The van der Waals surface area contributed by atoms with Gasteiger partial charge in [-0.25, -0.2) is 0 Å². The maximum atomic E-state index is 5.91. The minimum Gasteiger partial charge on any atom is -0.314 e. The Morgan fingerprint density at radius 1 is 1.25 bits per heavy atom. The summed E-state index contributed by atoms with van der Waals surface area (Å²) >= 11 is 5.91. The molecule has 1 nitrogen and oxygen atoms in total. The van der Waals surface area contributed by atoms with Crippen molar-refractivity contribution in [1.82, 2.24) is 5.32 Å². The van der Waals surface area contributed by atoms with E-state index < -0.39 is 0 Å². The molecule has 1 aromatic rings. The molecule has 0 saturated heterocycles. The molecule has 3 atom stereocenters. The summed E-state index contributed by atoms with van der Waals surface area (Å²) in [5.74, 6) is 1.52. The van der Waals surface area contributed by atoms with E-state index in [0.717, 1.165) is 29.4 Å². The van der Waals surface area contributed by atoms with E-state index in [2.05, 4.69) is 31.3 Å². The summed E-state index contributed by atoms with van der Waals surface area (Å²) in [6, 6.07) is 9.08. The van der Waals surface area contributed by atoms with Gasteiger partial charge in [0.1, 0.15) is 0 Å². The standard InChI is InChI=1S/C14H20ClN/c1-3-12-13(9-14(12)16-4-2)10-5-7-11(15)8-6-10/h5-8,12-14,16H,3-4,9H2,1-2H3. The molecule has 0 spiro atoms. The monoisotopic (exact) mass is 237 g/mol. The lowest BCUT2D eigenvalue weighted by molar-refractivity contribution is 0.163. The van der Waals surface area contributed by atoms with Gasteiger partial charge in [0.2, 0.25) is 0 Å². The number of benzene rings is 1. The molecule has 2 heteroatoms. The first kappa shape index (κ1) is 11.9. The van der Waals surface area contributed by atoms with Crippen molar-refractivity contribution in [3.05, 3.63) is 34.9 Å². The third-order valence-electron chi connectivity index (χ3n) is 3.78. The number of hydrogen-bond acceptors (Lipinski definition) is 1. The molecule has 0 aliphatic heterocycles. The predicted molar refractivity (Wildman–Crippen MR) is 70.1 cm³/mol. The highest BCUT2D eigenvalue weighted by Crippen LogP contribution is 2.44. The molecule has 1 aliphatic rings. The lowest BCUT2D eigenvalue weighted by atomic mass is 9.65. The Morgan fingerprint density at radius 3 is 2.50 bits per heavy atom. The van der Waals surface area contributed by atoms with Crippen LogP contribution in [-0.4, -0.2) is 12.6 Å². The third-order valence-corrected chi connectivity index (χ3v) is 4.03. The molecule has 3 unspecified atom stereocenters. The molecular formula is C14H20ClN. The molecule has 0 amide bonds. The fourth-order valence-electron chi connectivity index (χ4n) is 2.87. The van der Waals surface area contributed by atoms with E-state index in [9.17, 15) is 0 Å². The normalized spacial score (nSPS) is 28.8. The van der Waals surface area contributed by atoms with Crippen LogP contribution in [0.5, 0.6) is 0 Å². The smallest absolute Gasteiger partial charge is 0.0406 e. The Hall–Kier alpha value is -0.530. The fourth-order valence-corrected chi connectivity index (χ4v) is 2.99. The zero-order valence-electron chi connectivity index (χ0n) is 10.0. The van der Waals surface area contributed by atoms with Crippen LogP contribution in [0.3, 0.4) is 0 Å². The molecule has 1 aromatic carbocycles. The van der Waals surface area contributed by atoms with Gasteiger partial charge in [0, 0.05) is 11.1 Å². The molecule has 0 bridgehead atoms. The summed E-state index contributed by atoms with van der Waals surface area (Å²) < 4.78 is 0. The SMILES string of the molecule is CCNC1CC(c2ccc(Cl)cc2)C1CC. The van der Waals surface area contributed by atoms with Gasteiger partial charge in [-0.3, -0.25) is 0 Å². The highest BCUT2D eigenvalue weighted by atomic mass is 35.5.